The van der Waals surface area contributed by atoms with Crippen molar-refractivity contribution in [2.24, 2.45) is 0 Å². The number of esters is 1. The monoisotopic (exact) mass is 535 g/mol. The SMILES string of the molecule is COC(=O)c1cccc(SNc2nc(Cl)c(C(F)(F)F)c(-c3c(C)ccc(C(F)(F)F)c3C)n2)c1. The van der Waals surface area contributed by atoms with Gasteiger partial charge in [0.15, 0.2) is 0 Å². The highest BCUT2D eigenvalue weighted by atomic mass is 35.5. The van der Waals surface area contributed by atoms with Gasteiger partial charge in [-0.2, -0.15) is 31.3 Å². The van der Waals surface area contributed by atoms with Gasteiger partial charge in [0.25, 0.3) is 0 Å². The van der Waals surface area contributed by atoms with Crippen LogP contribution in [-0.4, -0.2) is 23.0 Å². The highest BCUT2D eigenvalue weighted by Gasteiger charge is 2.41. The fraction of sp³-hybridized carbons (Fsp3) is 0.227. The van der Waals surface area contributed by atoms with Crippen LogP contribution in [0.4, 0.5) is 32.3 Å². The average molecular weight is 536 g/mol. The Morgan fingerprint density at radius 2 is 1.71 bits per heavy atom. The number of methoxy groups -OCH3 is 1. The molecule has 0 unspecified atom stereocenters. The standard InChI is InChI=1S/C22H16ClF6N3O2S/c1-10-7-8-14(21(24,25)26)11(2)15(10)17-16(22(27,28)29)18(23)31-20(30-17)32-35-13-6-4-5-12(9-13)19(33)34-3/h4-9H,1-3H3,(H,30,31,32). The first-order chi connectivity index (χ1) is 16.2. The van der Waals surface area contributed by atoms with Gasteiger partial charge in [-0.05, 0) is 61.2 Å². The number of anilines is 1. The molecule has 186 valence electrons. The van der Waals surface area contributed by atoms with Crippen molar-refractivity contribution in [3.05, 3.63) is 69.4 Å². The maximum Gasteiger partial charge on any atom is 0.421 e. The lowest BCUT2D eigenvalue weighted by molar-refractivity contribution is -0.138. The Kier molecular flexibility index (Phi) is 7.56. The molecule has 1 heterocycles. The fourth-order valence-electron chi connectivity index (χ4n) is 3.34. The van der Waals surface area contributed by atoms with E-state index in [2.05, 4.69) is 19.4 Å². The molecule has 2 aromatic carbocycles. The van der Waals surface area contributed by atoms with Gasteiger partial charge in [0.1, 0.15) is 10.7 Å². The second kappa shape index (κ2) is 9.94. The predicted molar refractivity (Wildman–Crippen MR) is 119 cm³/mol. The molecule has 0 bridgehead atoms. The lowest BCUT2D eigenvalue weighted by Crippen LogP contribution is -2.15. The summed E-state index contributed by atoms with van der Waals surface area (Å²) in [7, 11) is 1.21. The van der Waals surface area contributed by atoms with Gasteiger partial charge in [0.05, 0.1) is 23.9 Å². The van der Waals surface area contributed by atoms with Gasteiger partial charge in [-0.15, -0.1) is 0 Å². The molecule has 5 nitrogen and oxygen atoms in total. The van der Waals surface area contributed by atoms with Crippen LogP contribution in [0, 0.1) is 13.8 Å². The van der Waals surface area contributed by atoms with Gasteiger partial charge < -0.3 is 4.74 Å². The average Bonchev–Trinajstić information content (AvgIpc) is 2.75. The lowest BCUT2D eigenvalue weighted by Gasteiger charge is -2.20. The number of aromatic nitrogens is 2. The first-order valence-corrected chi connectivity index (χ1v) is 10.9. The zero-order valence-electron chi connectivity index (χ0n) is 18.2. The number of aryl methyl sites for hydroxylation is 1. The van der Waals surface area contributed by atoms with E-state index in [-0.39, 0.29) is 22.6 Å². The smallest absolute Gasteiger partial charge is 0.421 e. The Bertz CT molecular complexity index is 1280. The molecule has 13 heteroatoms. The molecule has 0 aliphatic carbocycles. The molecule has 0 saturated carbocycles. The molecule has 0 aliphatic rings. The molecule has 0 radical (unpaired) electrons. The first-order valence-electron chi connectivity index (χ1n) is 9.67. The second-order valence-electron chi connectivity index (χ2n) is 7.21. The molecule has 0 spiro atoms. The van der Waals surface area contributed by atoms with Crippen LogP contribution in [0.25, 0.3) is 11.3 Å². The molecule has 35 heavy (non-hydrogen) atoms. The van der Waals surface area contributed by atoms with Gasteiger partial charge in [0.2, 0.25) is 5.95 Å². The highest BCUT2D eigenvalue weighted by Crippen LogP contribution is 2.44. The molecule has 0 amide bonds. The number of alkyl halides is 6. The third-order valence-corrected chi connectivity index (χ3v) is 5.93. The summed E-state index contributed by atoms with van der Waals surface area (Å²) in [6.07, 6.45) is -9.83. The lowest BCUT2D eigenvalue weighted by atomic mass is 9.93. The van der Waals surface area contributed by atoms with Crippen molar-refractivity contribution < 1.29 is 35.9 Å². The Hall–Kier alpha value is -2.99. The van der Waals surface area contributed by atoms with E-state index in [1.807, 2.05) is 0 Å². The number of benzene rings is 2. The van der Waals surface area contributed by atoms with Gasteiger partial charge in [-0.25, -0.2) is 9.78 Å². The molecule has 0 atom stereocenters. The van der Waals surface area contributed by atoms with Crippen molar-refractivity contribution in [2.75, 3.05) is 11.8 Å². The molecule has 0 fully saturated rings. The van der Waals surface area contributed by atoms with Crippen molar-refractivity contribution in [1.82, 2.24) is 9.97 Å². The van der Waals surface area contributed by atoms with E-state index >= 15 is 0 Å². The molecular weight excluding hydrogens is 520 g/mol. The summed E-state index contributed by atoms with van der Waals surface area (Å²) in [6.45, 7) is 2.44. The number of carbonyl (C=O) groups is 1. The summed E-state index contributed by atoms with van der Waals surface area (Å²) in [5, 5.41) is -0.981. The zero-order chi connectivity index (χ0) is 26.1. The Labute approximate surface area is 205 Å². The molecule has 3 rings (SSSR count). The van der Waals surface area contributed by atoms with Crippen LogP contribution >= 0.6 is 23.5 Å². The van der Waals surface area contributed by atoms with E-state index < -0.39 is 45.9 Å². The maximum atomic E-state index is 13.9. The molecule has 0 aliphatic heterocycles. The van der Waals surface area contributed by atoms with E-state index in [0.29, 0.717) is 4.90 Å². The summed E-state index contributed by atoms with van der Waals surface area (Å²) >= 11 is 6.72. The topological polar surface area (TPSA) is 64.1 Å². The van der Waals surface area contributed by atoms with E-state index in [1.54, 1.807) is 12.1 Å². The Morgan fingerprint density at radius 1 is 1.03 bits per heavy atom. The fourth-order valence-corrected chi connectivity index (χ4v) is 4.25. The van der Waals surface area contributed by atoms with Gasteiger partial charge in [0, 0.05) is 10.5 Å². The minimum absolute atomic E-state index is 0.139. The van der Waals surface area contributed by atoms with Crippen LogP contribution in [0.3, 0.4) is 0 Å². The van der Waals surface area contributed by atoms with E-state index in [9.17, 15) is 31.1 Å². The van der Waals surface area contributed by atoms with Crippen molar-refractivity contribution in [3.63, 3.8) is 0 Å². The van der Waals surface area contributed by atoms with Gasteiger partial charge in [-0.1, -0.05) is 23.7 Å². The highest BCUT2D eigenvalue weighted by molar-refractivity contribution is 8.00. The Balaban J connectivity index is 2.12. The van der Waals surface area contributed by atoms with Gasteiger partial charge in [-0.3, -0.25) is 4.72 Å². The first kappa shape index (κ1) is 26.6. The predicted octanol–water partition coefficient (Wildman–Crippen LogP) is 7.36. The molecular formula is C22H16ClF6N3O2S. The maximum absolute atomic E-state index is 13.9. The summed E-state index contributed by atoms with van der Waals surface area (Å²) in [5.41, 5.74) is -3.75. The summed E-state index contributed by atoms with van der Waals surface area (Å²) in [4.78, 5) is 19.7. The van der Waals surface area contributed by atoms with Crippen LogP contribution in [0.15, 0.2) is 41.3 Å². The van der Waals surface area contributed by atoms with Crippen molar-refractivity contribution >= 4 is 35.5 Å². The zero-order valence-corrected chi connectivity index (χ0v) is 19.8. The largest absolute Gasteiger partial charge is 0.465 e. The third-order valence-electron chi connectivity index (χ3n) is 4.88. The van der Waals surface area contributed by atoms with Crippen LogP contribution in [0.2, 0.25) is 5.15 Å². The van der Waals surface area contributed by atoms with Crippen molar-refractivity contribution in [3.8, 4) is 11.3 Å². The quantitative estimate of drug-likeness (QED) is 0.159. The molecule has 0 saturated heterocycles. The minimum atomic E-state index is -5.04. The summed E-state index contributed by atoms with van der Waals surface area (Å²) in [5.74, 6) is -0.971. The Morgan fingerprint density at radius 3 is 2.31 bits per heavy atom. The number of hydrogen-bond acceptors (Lipinski definition) is 6. The van der Waals surface area contributed by atoms with E-state index in [0.717, 1.165) is 31.0 Å². The van der Waals surface area contributed by atoms with E-state index in [1.165, 1.54) is 26.2 Å². The summed E-state index contributed by atoms with van der Waals surface area (Å²) in [6, 6.07) is 7.97. The molecule has 1 aromatic heterocycles. The normalized spacial score (nSPS) is 11.9. The third kappa shape index (κ3) is 5.81. The van der Waals surface area contributed by atoms with Crippen LogP contribution in [-0.2, 0) is 17.1 Å². The number of nitrogens with one attached hydrogen (secondary N) is 1. The van der Waals surface area contributed by atoms with Crippen LogP contribution in [0.5, 0.6) is 0 Å². The van der Waals surface area contributed by atoms with Crippen molar-refractivity contribution in [1.29, 1.82) is 0 Å². The number of rotatable bonds is 5. The number of hydrogen-bond donors (Lipinski definition) is 1. The number of ether oxygens (including phenoxy) is 1. The van der Waals surface area contributed by atoms with Crippen LogP contribution in [0.1, 0.15) is 32.6 Å². The number of nitrogens with zero attached hydrogens (tertiary/aromatic N) is 2. The van der Waals surface area contributed by atoms with Crippen LogP contribution < -0.4 is 4.72 Å². The summed E-state index contributed by atoms with van der Waals surface area (Å²) < 4.78 is 89.3. The van der Waals surface area contributed by atoms with E-state index in [4.69, 9.17) is 11.6 Å². The minimum Gasteiger partial charge on any atom is -0.465 e. The van der Waals surface area contributed by atoms with Gasteiger partial charge >= 0.3 is 18.3 Å². The number of halogens is 7. The second-order valence-corrected chi connectivity index (χ2v) is 8.45. The van der Waals surface area contributed by atoms with Crippen molar-refractivity contribution in [2.45, 2.75) is 31.1 Å². The molecule has 3 aromatic rings. The molecule has 1 N–H and O–H groups in total. The number of carbonyl (C=O) groups excluding carboxylic acids is 1.